The van der Waals surface area contributed by atoms with E-state index in [1.807, 2.05) is 29.2 Å². The molecule has 8 rings (SSSR count). The quantitative estimate of drug-likeness (QED) is 0.272. The highest BCUT2D eigenvalue weighted by atomic mass is 19.1. The molecule has 0 radical (unpaired) electrons. The molecule has 232 valence electrons. The number of piperazine rings is 1. The van der Waals surface area contributed by atoms with Crippen LogP contribution in [0.3, 0.4) is 0 Å². The highest BCUT2D eigenvalue weighted by Gasteiger charge is 2.50. The summed E-state index contributed by atoms with van der Waals surface area (Å²) in [5.74, 6) is 1.05. The Kier molecular flexibility index (Phi) is 6.79. The number of hydrogen-bond donors (Lipinski definition) is 0. The summed E-state index contributed by atoms with van der Waals surface area (Å²) >= 11 is 0. The van der Waals surface area contributed by atoms with Crippen molar-refractivity contribution >= 4 is 22.6 Å². The number of rotatable bonds is 7. The van der Waals surface area contributed by atoms with Crippen LogP contribution in [0.2, 0.25) is 0 Å². The van der Waals surface area contributed by atoms with Gasteiger partial charge in [-0.3, -0.25) is 9.69 Å². The predicted molar refractivity (Wildman–Crippen MR) is 167 cm³/mol. The minimum Gasteiger partial charge on any atom is -0.461 e. The number of hydrogen-bond acceptors (Lipinski definition) is 6. The molecule has 5 aliphatic rings. The number of aromatic nitrogens is 2. The van der Waals surface area contributed by atoms with Gasteiger partial charge in [0.15, 0.2) is 5.82 Å². The summed E-state index contributed by atoms with van der Waals surface area (Å²) < 4.78 is 37.6. The highest BCUT2D eigenvalue weighted by molar-refractivity contribution is 5.94. The van der Waals surface area contributed by atoms with E-state index in [9.17, 15) is 9.18 Å². The van der Waals surface area contributed by atoms with Crippen LogP contribution in [0, 0.1) is 18.3 Å². The van der Waals surface area contributed by atoms with Crippen LogP contribution in [0.15, 0.2) is 43.0 Å². The van der Waals surface area contributed by atoms with Crippen LogP contribution >= 0.6 is 0 Å². The smallest absolute Gasteiger partial charge is 0.319 e. The van der Waals surface area contributed by atoms with E-state index in [0.717, 1.165) is 37.8 Å². The van der Waals surface area contributed by atoms with Crippen molar-refractivity contribution in [3.8, 4) is 17.1 Å². The minimum atomic E-state index is -0.894. The van der Waals surface area contributed by atoms with E-state index >= 15 is 4.39 Å². The Labute approximate surface area is 261 Å². The van der Waals surface area contributed by atoms with Gasteiger partial charge in [0.05, 0.1) is 5.54 Å². The van der Waals surface area contributed by atoms with Crippen molar-refractivity contribution in [3.63, 3.8) is 0 Å². The summed E-state index contributed by atoms with van der Waals surface area (Å²) in [7, 11) is 0. The Balaban J connectivity index is 1.20. The number of nitrogens with zero attached hydrogens (tertiary/aromatic N) is 6. The van der Waals surface area contributed by atoms with Crippen LogP contribution in [0.1, 0.15) is 42.7 Å². The number of carbonyl (C=O) groups is 1. The largest absolute Gasteiger partial charge is 0.461 e. The molecule has 8 nitrogen and oxygen atoms in total. The van der Waals surface area contributed by atoms with Gasteiger partial charge >= 0.3 is 6.01 Å². The van der Waals surface area contributed by atoms with Gasteiger partial charge in [-0.05, 0) is 72.9 Å². The van der Waals surface area contributed by atoms with E-state index in [1.54, 1.807) is 4.90 Å². The normalized spacial score (nSPS) is 28.5. The molecule has 0 spiro atoms. The fourth-order valence-corrected chi connectivity index (χ4v) is 8.58. The molecule has 2 aliphatic carbocycles. The second-order valence-corrected chi connectivity index (χ2v) is 13.4. The van der Waals surface area contributed by atoms with Gasteiger partial charge in [0.25, 0.3) is 0 Å². The molecule has 0 bridgehead atoms. The van der Waals surface area contributed by atoms with Crippen LogP contribution in [-0.2, 0) is 11.2 Å². The molecule has 0 unspecified atom stereocenters. The Hall–Kier alpha value is -4.10. The molecular weight excluding hydrogens is 574 g/mol. The molecule has 3 aromatic rings. The lowest BCUT2D eigenvalue weighted by Gasteiger charge is -2.39. The average Bonchev–Trinajstić information content (AvgIpc) is 3.37. The van der Waals surface area contributed by atoms with Gasteiger partial charge in [-0.1, -0.05) is 30.8 Å². The van der Waals surface area contributed by atoms with Crippen LogP contribution in [0.25, 0.3) is 26.9 Å². The number of ether oxygens (including phenoxy) is 1. The van der Waals surface area contributed by atoms with E-state index in [0.29, 0.717) is 61.2 Å². The third-order valence-electron chi connectivity index (χ3n) is 10.8. The number of amides is 1. The second kappa shape index (κ2) is 10.8. The molecule has 3 aliphatic heterocycles. The fourth-order valence-electron chi connectivity index (χ4n) is 8.58. The zero-order chi connectivity index (χ0) is 30.9. The van der Waals surface area contributed by atoms with Gasteiger partial charge in [-0.25, -0.2) is 15.4 Å². The molecule has 1 aromatic heterocycles. The van der Waals surface area contributed by atoms with Crippen molar-refractivity contribution in [1.29, 1.82) is 0 Å². The van der Waals surface area contributed by atoms with Crippen molar-refractivity contribution in [3.05, 3.63) is 71.3 Å². The molecule has 0 N–H and O–H groups in total. The van der Waals surface area contributed by atoms with E-state index in [2.05, 4.69) is 27.4 Å². The first-order valence-corrected chi connectivity index (χ1v) is 16.0. The molecule has 45 heavy (non-hydrogen) atoms. The summed E-state index contributed by atoms with van der Waals surface area (Å²) in [5, 5.41) is 0.552. The molecule has 5 atom stereocenters. The first-order chi connectivity index (χ1) is 21.9. The van der Waals surface area contributed by atoms with Gasteiger partial charge in [-0.2, -0.15) is 9.97 Å². The van der Waals surface area contributed by atoms with Gasteiger partial charge in [0, 0.05) is 43.5 Å². The standard InChI is InChI=1S/C35H36F2N6O2/c1-3-29(44)43-13-12-41(19-24(43)17-38-2)33-27-9-8-26(25-7-4-6-21-14-22-15-28(22)30(21)25)31(37)32(27)39-34(40-33)45-20-35-10-5-11-42(35)18-23(36)16-35/h3-4,6-9,22-24,28H,1,5,10-20H2/t22-,23+,24-,28+,35-/m0/s1. The lowest BCUT2D eigenvalue weighted by atomic mass is 9.93. The Morgan fingerprint density at radius 3 is 2.91 bits per heavy atom. The first-order valence-electron chi connectivity index (χ1n) is 16.0. The van der Waals surface area contributed by atoms with Crippen LogP contribution in [-0.4, -0.2) is 89.3 Å². The van der Waals surface area contributed by atoms with E-state index in [-0.39, 0.29) is 36.6 Å². The maximum absolute atomic E-state index is 16.8. The molecule has 10 heteroatoms. The van der Waals surface area contributed by atoms with Crippen molar-refractivity contribution in [1.82, 2.24) is 19.8 Å². The zero-order valence-corrected chi connectivity index (χ0v) is 25.2. The van der Waals surface area contributed by atoms with E-state index < -0.39 is 17.5 Å². The monoisotopic (exact) mass is 610 g/mol. The summed E-state index contributed by atoms with van der Waals surface area (Å²) in [4.78, 5) is 31.5. The molecule has 4 heterocycles. The zero-order valence-electron chi connectivity index (χ0n) is 25.2. The lowest BCUT2D eigenvalue weighted by molar-refractivity contribution is -0.128. The Morgan fingerprint density at radius 2 is 2.07 bits per heavy atom. The topological polar surface area (TPSA) is 66.2 Å². The molecule has 4 fully saturated rings. The van der Waals surface area contributed by atoms with Gasteiger partial charge in [0.2, 0.25) is 12.5 Å². The number of anilines is 1. The lowest BCUT2D eigenvalue weighted by Crippen LogP contribution is -2.56. The maximum Gasteiger partial charge on any atom is 0.319 e. The molecule has 1 saturated carbocycles. The third-order valence-corrected chi connectivity index (χ3v) is 10.8. The van der Waals surface area contributed by atoms with Gasteiger partial charge in [-0.15, -0.1) is 0 Å². The van der Waals surface area contributed by atoms with Crippen molar-refractivity contribution < 1.29 is 18.3 Å². The van der Waals surface area contributed by atoms with Crippen molar-refractivity contribution in [2.24, 2.45) is 5.92 Å². The van der Waals surface area contributed by atoms with Crippen LogP contribution < -0.4 is 9.64 Å². The predicted octanol–water partition coefficient (Wildman–Crippen LogP) is 5.17. The number of alkyl halides is 1. The average molecular weight is 611 g/mol. The first kappa shape index (κ1) is 28.4. The van der Waals surface area contributed by atoms with Gasteiger partial charge in [0.1, 0.15) is 30.2 Å². The minimum absolute atomic E-state index is 0.0592. The van der Waals surface area contributed by atoms with Crippen molar-refractivity contribution in [2.75, 3.05) is 50.8 Å². The molecule has 2 aromatic carbocycles. The second-order valence-electron chi connectivity index (χ2n) is 13.4. The van der Waals surface area contributed by atoms with Crippen molar-refractivity contribution in [2.45, 2.75) is 55.8 Å². The summed E-state index contributed by atoms with van der Waals surface area (Å²) in [6, 6.07) is 9.58. The summed E-state index contributed by atoms with van der Waals surface area (Å²) in [5.41, 5.74) is 3.79. The number of halogens is 2. The fraction of sp³-hybridized carbons (Fsp3) is 0.486. The Morgan fingerprint density at radius 1 is 1.18 bits per heavy atom. The SMILES string of the molecule is [C-]#[N+]C[C@H]1CN(c2nc(OC[C@@]34CCCN3C[C@H](F)C4)nc3c(F)c(-c4cccc5c4[C@@H]4C[C@@H]4C5)ccc23)CCN1C(=O)C=C. The van der Waals surface area contributed by atoms with Gasteiger partial charge < -0.3 is 19.4 Å². The Bertz CT molecular complexity index is 1760. The van der Waals surface area contributed by atoms with Crippen LogP contribution in [0.4, 0.5) is 14.6 Å². The van der Waals surface area contributed by atoms with Crippen LogP contribution in [0.5, 0.6) is 6.01 Å². The summed E-state index contributed by atoms with van der Waals surface area (Å²) in [6.07, 6.45) is 4.82. The highest BCUT2D eigenvalue weighted by Crippen LogP contribution is 2.59. The maximum atomic E-state index is 16.8. The summed E-state index contributed by atoms with van der Waals surface area (Å²) in [6.45, 7) is 13.9. The third kappa shape index (κ3) is 4.66. The number of benzene rings is 2. The molecular formula is C35H36F2N6O2. The van der Waals surface area contributed by atoms with E-state index in [4.69, 9.17) is 16.3 Å². The number of carbonyl (C=O) groups excluding carboxylic acids is 1. The molecule has 1 amide bonds. The number of fused-ring (bicyclic) bond motifs is 5. The molecule has 3 saturated heterocycles. The van der Waals surface area contributed by atoms with E-state index in [1.165, 1.54) is 17.2 Å².